The van der Waals surface area contributed by atoms with Gasteiger partial charge in [0.15, 0.2) is 11.6 Å². The molecule has 1 aliphatic rings. The molecule has 0 saturated carbocycles. The molecular weight excluding hydrogens is 438 g/mol. The lowest BCUT2D eigenvalue weighted by atomic mass is 10.1. The molecule has 35 heavy (non-hydrogen) atoms. The highest BCUT2D eigenvalue weighted by molar-refractivity contribution is 5.96. The van der Waals surface area contributed by atoms with Crippen LogP contribution in [0.5, 0.6) is 0 Å². The van der Waals surface area contributed by atoms with Gasteiger partial charge in [0, 0.05) is 40.5 Å². The molecule has 1 N–H and O–H groups in total. The van der Waals surface area contributed by atoms with Gasteiger partial charge in [0.25, 0.3) is 0 Å². The molecule has 172 valence electrons. The van der Waals surface area contributed by atoms with Gasteiger partial charge in [0.2, 0.25) is 0 Å². The number of nitriles is 1. The summed E-state index contributed by atoms with van der Waals surface area (Å²) in [4.78, 5) is 25.0. The Balaban J connectivity index is 1.57. The molecule has 1 atom stereocenters. The molecule has 0 unspecified atom stereocenters. The van der Waals surface area contributed by atoms with Gasteiger partial charge in [-0.2, -0.15) is 5.26 Å². The third kappa shape index (κ3) is 3.66. The van der Waals surface area contributed by atoms with Crippen LogP contribution in [0.2, 0.25) is 0 Å². The Kier molecular flexibility index (Phi) is 5.12. The third-order valence-electron chi connectivity index (χ3n) is 6.48. The Hall–Kier alpha value is -4.35. The van der Waals surface area contributed by atoms with Crippen LogP contribution >= 0.6 is 0 Å². The molecule has 1 fully saturated rings. The molecule has 8 heteroatoms. The predicted molar refractivity (Wildman–Crippen MR) is 135 cm³/mol. The van der Waals surface area contributed by atoms with E-state index in [1.807, 2.05) is 43.5 Å². The summed E-state index contributed by atoms with van der Waals surface area (Å²) in [6, 6.07) is 18.0. The zero-order valence-electron chi connectivity index (χ0n) is 19.5. The number of anilines is 1. The van der Waals surface area contributed by atoms with Crippen LogP contribution in [0.3, 0.4) is 0 Å². The second-order valence-corrected chi connectivity index (χ2v) is 8.74. The highest BCUT2D eigenvalue weighted by Gasteiger charge is 2.25. The second-order valence-electron chi connectivity index (χ2n) is 8.74. The number of aryl methyl sites for hydroxylation is 1. The molecule has 4 aromatic heterocycles. The predicted octanol–water partition coefficient (Wildman–Crippen LogP) is 4.64. The fourth-order valence-electron chi connectivity index (χ4n) is 4.69. The van der Waals surface area contributed by atoms with Crippen LogP contribution in [-0.2, 0) is 4.74 Å². The van der Waals surface area contributed by atoms with Crippen LogP contribution in [0.15, 0.2) is 54.7 Å². The van der Waals surface area contributed by atoms with E-state index in [9.17, 15) is 5.26 Å². The van der Waals surface area contributed by atoms with E-state index in [2.05, 4.69) is 40.0 Å². The van der Waals surface area contributed by atoms with E-state index >= 15 is 0 Å². The number of fused-ring (bicyclic) bond motifs is 2. The smallest absolute Gasteiger partial charge is 0.162 e. The molecule has 0 spiro atoms. The monoisotopic (exact) mass is 461 g/mol. The summed E-state index contributed by atoms with van der Waals surface area (Å²) in [7, 11) is 0. The van der Waals surface area contributed by atoms with Crippen LogP contribution in [-0.4, -0.2) is 50.7 Å². The highest BCUT2D eigenvalue weighted by atomic mass is 16.5. The Morgan fingerprint density at radius 2 is 1.94 bits per heavy atom. The highest BCUT2D eigenvalue weighted by Crippen LogP contribution is 2.33. The minimum Gasteiger partial charge on any atom is -0.377 e. The first-order valence-electron chi connectivity index (χ1n) is 11.6. The molecule has 0 aliphatic carbocycles. The van der Waals surface area contributed by atoms with Gasteiger partial charge in [-0.1, -0.05) is 12.1 Å². The van der Waals surface area contributed by atoms with Crippen LogP contribution < -0.4 is 4.90 Å². The largest absolute Gasteiger partial charge is 0.377 e. The van der Waals surface area contributed by atoms with Crippen molar-refractivity contribution in [3.63, 3.8) is 0 Å². The molecule has 1 aliphatic heterocycles. The van der Waals surface area contributed by atoms with Gasteiger partial charge in [-0.3, -0.25) is 0 Å². The van der Waals surface area contributed by atoms with Crippen LogP contribution in [0.1, 0.15) is 18.3 Å². The van der Waals surface area contributed by atoms with Crippen molar-refractivity contribution in [2.75, 3.05) is 24.7 Å². The van der Waals surface area contributed by atoms with Crippen molar-refractivity contribution in [2.45, 2.75) is 19.9 Å². The topological polar surface area (TPSA) is 104 Å². The quantitative estimate of drug-likeness (QED) is 0.417. The third-order valence-corrected chi connectivity index (χ3v) is 6.48. The first kappa shape index (κ1) is 21.2. The molecule has 0 radical (unpaired) electrons. The molecule has 0 bridgehead atoms. The first-order chi connectivity index (χ1) is 17.1. The number of hydrogen-bond donors (Lipinski definition) is 1. The summed E-state index contributed by atoms with van der Waals surface area (Å²) in [6.45, 7) is 6.02. The number of aromatic amines is 1. The average Bonchev–Trinajstić information content (AvgIpc) is 3.37. The molecular formula is C27H23N7O. The number of ether oxygens (including phenoxy) is 1. The standard InChI is InChI=1S/C27H23N7O/c1-16-15-35-13-12-34(16)27-25-24(9-8-23(31-25)19-7-6-18(14-28)30-17(19)2)32-26(33-27)21-4-3-5-22-20(21)10-11-29-22/h3-11,16,29H,12-13,15H2,1-2H3/t16-/m1/s1. The minimum absolute atomic E-state index is 0.154. The van der Waals surface area contributed by atoms with E-state index in [-0.39, 0.29) is 6.04 Å². The Morgan fingerprint density at radius 1 is 1.03 bits per heavy atom. The number of hydrogen-bond acceptors (Lipinski definition) is 7. The summed E-state index contributed by atoms with van der Waals surface area (Å²) in [5.74, 6) is 1.47. The number of benzene rings is 1. The van der Waals surface area contributed by atoms with Gasteiger partial charge in [-0.15, -0.1) is 0 Å². The van der Waals surface area contributed by atoms with E-state index in [1.54, 1.807) is 6.07 Å². The number of aromatic nitrogens is 5. The lowest BCUT2D eigenvalue weighted by Crippen LogP contribution is -2.44. The zero-order valence-corrected chi connectivity index (χ0v) is 19.5. The van der Waals surface area contributed by atoms with E-state index in [4.69, 9.17) is 19.7 Å². The van der Waals surface area contributed by atoms with Crippen LogP contribution in [0.25, 0.3) is 44.6 Å². The number of pyridine rings is 2. The lowest BCUT2D eigenvalue weighted by molar-refractivity contribution is 0.0987. The minimum atomic E-state index is 0.154. The fraction of sp³-hybridized carbons (Fsp3) is 0.222. The maximum Gasteiger partial charge on any atom is 0.162 e. The van der Waals surface area contributed by atoms with Gasteiger partial charge in [0.05, 0.1) is 30.5 Å². The molecule has 5 heterocycles. The van der Waals surface area contributed by atoms with Crippen LogP contribution in [0, 0.1) is 18.3 Å². The van der Waals surface area contributed by atoms with Gasteiger partial charge in [-0.05, 0) is 50.2 Å². The van der Waals surface area contributed by atoms with Crippen molar-refractivity contribution in [3.8, 4) is 28.7 Å². The van der Waals surface area contributed by atoms with E-state index in [0.717, 1.165) is 56.8 Å². The zero-order chi connectivity index (χ0) is 23.9. The molecule has 6 rings (SSSR count). The van der Waals surface area contributed by atoms with Gasteiger partial charge in [-0.25, -0.2) is 19.9 Å². The van der Waals surface area contributed by atoms with Crippen molar-refractivity contribution in [2.24, 2.45) is 0 Å². The fourth-order valence-corrected chi connectivity index (χ4v) is 4.69. The van der Waals surface area contributed by atoms with E-state index in [1.165, 1.54) is 0 Å². The van der Waals surface area contributed by atoms with Gasteiger partial charge < -0.3 is 14.6 Å². The molecule has 1 saturated heterocycles. The summed E-state index contributed by atoms with van der Waals surface area (Å²) in [5, 5.41) is 10.3. The van der Waals surface area contributed by atoms with E-state index < -0.39 is 0 Å². The van der Waals surface area contributed by atoms with Crippen molar-refractivity contribution in [3.05, 3.63) is 66.1 Å². The number of H-pyrrole nitrogens is 1. The van der Waals surface area contributed by atoms with Crippen molar-refractivity contribution in [1.29, 1.82) is 5.26 Å². The molecule has 5 aromatic rings. The van der Waals surface area contributed by atoms with Gasteiger partial charge >= 0.3 is 0 Å². The summed E-state index contributed by atoms with van der Waals surface area (Å²) in [6.07, 6.45) is 1.93. The number of nitrogens with zero attached hydrogens (tertiary/aromatic N) is 6. The summed E-state index contributed by atoms with van der Waals surface area (Å²) >= 11 is 0. The van der Waals surface area contributed by atoms with E-state index in [0.29, 0.717) is 24.7 Å². The number of rotatable bonds is 3. The average molecular weight is 462 g/mol. The molecule has 8 nitrogen and oxygen atoms in total. The SMILES string of the molecule is Cc1nc(C#N)ccc1-c1ccc2nc(-c3cccc4[nH]ccc34)nc(N3CCOC[C@H]3C)c2n1. The van der Waals surface area contributed by atoms with Crippen molar-refractivity contribution < 1.29 is 4.74 Å². The second kappa shape index (κ2) is 8.46. The Morgan fingerprint density at radius 3 is 2.77 bits per heavy atom. The maximum absolute atomic E-state index is 9.18. The summed E-state index contributed by atoms with van der Waals surface area (Å²) < 4.78 is 5.69. The van der Waals surface area contributed by atoms with Crippen LogP contribution in [0.4, 0.5) is 5.82 Å². The lowest BCUT2D eigenvalue weighted by Gasteiger charge is -2.34. The Labute approximate surface area is 202 Å². The Bertz CT molecular complexity index is 1620. The maximum atomic E-state index is 9.18. The molecule has 1 aromatic carbocycles. The summed E-state index contributed by atoms with van der Waals surface area (Å²) in [5.41, 5.74) is 6.35. The number of nitrogens with one attached hydrogen (secondary N) is 1. The van der Waals surface area contributed by atoms with Gasteiger partial charge in [0.1, 0.15) is 17.3 Å². The van der Waals surface area contributed by atoms with Crippen molar-refractivity contribution in [1.82, 2.24) is 24.9 Å². The van der Waals surface area contributed by atoms with Crippen molar-refractivity contribution >= 4 is 27.8 Å². The normalized spacial score (nSPS) is 16.0. The first-order valence-corrected chi connectivity index (χ1v) is 11.6. The molecule has 0 amide bonds. The number of morpholine rings is 1.